The average molecular weight is 188 g/mol. The number of aliphatic hydroxyl groups excluding tert-OH is 1. The molecular weight excluding hydrogens is 168 g/mol. The predicted molar refractivity (Wildman–Crippen MR) is 52.1 cm³/mol. The number of rotatable bonds is 6. The summed E-state index contributed by atoms with van der Waals surface area (Å²) >= 11 is 0. The molecule has 4 nitrogen and oxygen atoms in total. The van der Waals surface area contributed by atoms with E-state index >= 15 is 0 Å². The summed E-state index contributed by atoms with van der Waals surface area (Å²) in [6.45, 7) is 4.49. The van der Waals surface area contributed by atoms with Gasteiger partial charge in [0.25, 0.3) is 0 Å². The Bertz CT molecular complexity index is 149. The van der Waals surface area contributed by atoms with Gasteiger partial charge in [-0.15, -0.1) is 0 Å². The van der Waals surface area contributed by atoms with Crippen LogP contribution < -0.4 is 11.1 Å². The van der Waals surface area contributed by atoms with E-state index in [4.69, 9.17) is 10.8 Å². The Hall–Kier alpha value is -0.610. The molecule has 0 rings (SSSR count). The first-order chi connectivity index (χ1) is 6.07. The smallest absolute Gasteiger partial charge is 0.236 e. The minimum Gasteiger partial charge on any atom is -0.396 e. The highest BCUT2D eigenvalue weighted by Gasteiger charge is 2.05. The molecule has 78 valence electrons. The molecule has 0 saturated carbocycles. The van der Waals surface area contributed by atoms with Gasteiger partial charge in [-0.2, -0.15) is 0 Å². The van der Waals surface area contributed by atoms with Crippen LogP contribution in [0.4, 0.5) is 0 Å². The largest absolute Gasteiger partial charge is 0.396 e. The van der Waals surface area contributed by atoms with Crippen LogP contribution in [0, 0.1) is 5.92 Å². The second-order valence-corrected chi connectivity index (χ2v) is 3.51. The van der Waals surface area contributed by atoms with Gasteiger partial charge in [-0.25, -0.2) is 0 Å². The van der Waals surface area contributed by atoms with Crippen molar-refractivity contribution in [3.63, 3.8) is 0 Å². The molecule has 0 heterocycles. The molecular formula is C9H20N2O2. The molecule has 4 N–H and O–H groups in total. The third kappa shape index (κ3) is 6.54. The lowest BCUT2D eigenvalue weighted by Crippen LogP contribution is -2.38. The number of nitrogens with two attached hydrogens (primary N) is 1. The van der Waals surface area contributed by atoms with E-state index in [0.717, 1.165) is 12.8 Å². The van der Waals surface area contributed by atoms with Gasteiger partial charge >= 0.3 is 0 Å². The molecule has 0 radical (unpaired) electrons. The van der Waals surface area contributed by atoms with Crippen LogP contribution in [0.2, 0.25) is 0 Å². The summed E-state index contributed by atoms with van der Waals surface area (Å²) in [6, 6.07) is -0.435. The average Bonchev–Trinajstić information content (AvgIpc) is 2.11. The van der Waals surface area contributed by atoms with Crippen LogP contribution in [-0.2, 0) is 4.79 Å². The highest BCUT2D eigenvalue weighted by atomic mass is 16.3. The maximum atomic E-state index is 11.0. The Morgan fingerprint density at radius 2 is 2.15 bits per heavy atom. The number of carbonyl (C=O) groups excluding carboxylic acids is 1. The van der Waals surface area contributed by atoms with Crippen molar-refractivity contribution >= 4 is 5.91 Å². The summed E-state index contributed by atoms with van der Waals surface area (Å²) in [5, 5.41) is 11.4. The van der Waals surface area contributed by atoms with Gasteiger partial charge < -0.3 is 16.2 Å². The maximum Gasteiger partial charge on any atom is 0.236 e. The highest BCUT2D eigenvalue weighted by Crippen LogP contribution is 2.02. The molecule has 0 aromatic carbocycles. The van der Waals surface area contributed by atoms with Crippen molar-refractivity contribution in [2.24, 2.45) is 11.7 Å². The quantitative estimate of drug-likeness (QED) is 0.508. The van der Waals surface area contributed by atoms with Gasteiger partial charge in [-0.05, 0) is 25.7 Å². The van der Waals surface area contributed by atoms with Crippen molar-refractivity contribution in [2.75, 3.05) is 13.2 Å². The third-order valence-electron chi connectivity index (χ3n) is 1.90. The zero-order chi connectivity index (χ0) is 10.3. The standard InChI is InChI=1S/C9H20N2O2/c1-7(6-12)4-3-5-11-9(13)8(2)10/h7-8,12H,3-6,10H2,1-2H3,(H,11,13). The fraction of sp³-hybridized carbons (Fsp3) is 0.889. The van der Waals surface area contributed by atoms with Crippen molar-refractivity contribution < 1.29 is 9.90 Å². The van der Waals surface area contributed by atoms with Crippen LogP contribution >= 0.6 is 0 Å². The molecule has 1 amide bonds. The van der Waals surface area contributed by atoms with E-state index < -0.39 is 6.04 Å². The Morgan fingerprint density at radius 1 is 1.54 bits per heavy atom. The molecule has 13 heavy (non-hydrogen) atoms. The van der Waals surface area contributed by atoms with Gasteiger partial charge in [0, 0.05) is 13.2 Å². The van der Waals surface area contributed by atoms with Crippen LogP contribution in [0.3, 0.4) is 0 Å². The first kappa shape index (κ1) is 12.4. The second kappa shape index (κ2) is 6.86. The summed E-state index contributed by atoms with van der Waals surface area (Å²) in [5.41, 5.74) is 5.35. The first-order valence-corrected chi connectivity index (χ1v) is 4.72. The monoisotopic (exact) mass is 188 g/mol. The van der Waals surface area contributed by atoms with Gasteiger partial charge in [0.15, 0.2) is 0 Å². The number of hydrogen-bond donors (Lipinski definition) is 3. The normalized spacial score (nSPS) is 15.1. The van der Waals surface area contributed by atoms with Crippen molar-refractivity contribution in [1.29, 1.82) is 0 Å². The number of aliphatic hydroxyl groups is 1. The summed E-state index contributed by atoms with van der Waals surface area (Å²) in [7, 11) is 0. The van der Waals surface area contributed by atoms with E-state index in [9.17, 15) is 4.79 Å². The molecule has 0 bridgehead atoms. The molecule has 0 saturated heterocycles. The topological polar surface area (TPSA) is 75.3 Å². The fourth-order valence-electron chi connectivity index (χ4n) is 0.914. The molecule has 0 fully saturated rings. The second-order valence-electron chi connectivity index (χ2n) is 3.51. The lowest BCUT2D eigenvalue weighted by Gasteiger charge is -2.09. The SMILES string of the molecule is CC(CO)CCCNC(=O)C(C)N. The minimum absolute atomic E-state index is 0.114. The number of amides is 1. The third-order valence-corrected chi connectivity index (χ3v) is 1.90. The Labute approximate surface area is 79.5 Å². The van der Waals surface area contributed by atoms with E-state index in [1.807, 2.05) is 6.92 Å². The van der Waals surface area contributed by atoms with E-state index in [2.05, 4.69) is 5.32 Å². The molecule has 2 atom stereocenters. The van der Waals surface area contributed by atoms with Crippen molar-refractivity contribution in [3.8, 4) is 0 Å². The van der Waals surface area contributed by atoms with E-state index in [1.54, 1.807) is 6.92 Å². The summed E-state index contributed by atoms with van der Waals surface area (Å²) in [6.07, 6.45) is 1.82. The molecule has 0 aromatic rings. The Kier molecular flexibility index (Phi) is 6.54. The molecule has 2 unspecified atom stereocenters. The number of nitrogens with one attached hydrogen (secondary N) is 1. The lowest BCUT2D eigenvalue weighted by molar-refractivity contribution is -0.121. The maximum absolute atomic E-state index is 11.0. The Balaban J connectivity index is 3.31. The summed E-state index contributed by atoms with van der Waals surface area (Å²) < 4.78 is 0. The Morgan fingerprint density at radius 3 is 2.62 bits per heavy atom. The van der Waals surface area contributed by atoms with E-state index in [0.29, 0.717) is 12.5 Å². The van der Waals surface area contributed by atoms with Gasteiger partial charge in [-0.3, -0.25) is 4.79 Å². The molecule has 0 spiro atoms. The van der Waals surface area contributed by atoms with Crippen molar-refractivity contribution in [1.82, 2.24) is 5.32 Å². The zero-order valence-corrected chi connectivity index (χ0v) is 8.42. The minimum atomic E-state index is -0.435. The van der Waals surface area contributed by atoms with Crippen LogP contribution in [0.25, 0.3) is 0 Å². The fourth-order valence-corrected chi connectivity index (χ4v) is 0.914. The van der Waals surface area contributed by atoms with E-state index in [-0.39, 0.29) is 12.5 Å². The molecule has 0 aliphatic rings. The van der Waals surface area contributed by atoms with Crippen LogP contribution in [0.5, 0.6) is 0 Å². The van der Waals surface area contributed by atoms with Gasteiger partial charge in [0.1, 0.15) is 0 Å². The number of carbonyl (C=O) groups is 1. The summed E-state index contributed by atoms with van der Waals surface area (Å²) in [5.74, 6) is 0.198. The van der Waals surface area contributed by atoms with Gasteiger partial charge in [0.2, 0.25) is 5.91 Å². The van der Waals surface area contributed by atoms with E-state index in [1.165, 1.54) is 0 Å². The van der Waals surface area contributed by atoms with Crippen molar-refractivity contribution in [3.05, 3.63) is 0 Å². The highest BCUT2D eigenvalue weighted by molar-refractivity contribution is 5.80. The molecule has 0 aliphatic carbocycles. The van der Waals surface area contributed by atoms with Crippen LogP contribution in [0.1, 0.15) is 26.7 Å². The predicted octanol–water partition coefficient (Wildman–Crippen LogP) is -0.142. The molecule has 0 aliphatic heterocycles. The molecule has 0 aromatic heterocycles. The van der Waals surface area contributed by atoms with Crippen molar-refractivity contribution in [2.45, 2.75) is 32.7 Å². The number of hydrogen-bond acceptors (Lipinski definition) is 3. The zero-order valence-electron chi connectivity index (χ0n) is 8.42. The lowest BCUT2D eigenvalue weighted by atomic mass is 10.1. The van der Waals surface area contributed by atoms with Gasteiger partial charge in [-0.1, -0.05) is 6.92 Å². The van der Waals surface area contributed by atoms with Gasteiger partial charge in [0.05, 0.1) is 6.04 Å². The van der Waals surface area contributed by atoms with Crippen LogP contribution in [-0.4, -0.2) is 30.2 Å². The first-order valence-electron chi connectivity index (χ1n) is 4.72. The summed E-state index contributed by atoms with van der Waals surface area (Å²) in [4.78, 5) is 11.0. The van der Waals surface area contributed by atoms with Crippen LogP contribution in [0.15, 0.2) is 0 Å². The molecule has 4 heteroatoms.